The normalized spacial score (nSPS) is 23.5. The average Bonchev–Trinajstić information content (AvgIpc) is 4.35. The molecule has 0 radical (unpaired) electrons. The Hall–Kier alpha value is -6.48. The van der Waals surface area contributed by atoms with E-state index in [1.807, 2.05) is 13.8 Å². The highest BCUT2D eigenvalue weighted by atomic mass is 16.6. The molecule has 27 heteroatoms. The van der Waals surface area contributed by atoms with E-state index in [9.17, 15) is 57.5 Å². The molecule has 0 spiro atoms. The number of esters is 6. The monoisotopic (exact) mass is 1150 g/mol. The van der Waals surface area contributed by atoms with E-state index in [2.05, 4.69) is 31.9 Å². The number of nitrogens with one attached hydrogen (secondary N) is 6. The Bertz CT molecular complexity index is 1950. The minimum Gasteiger partial charge on any atom is -0.464 e. The van der Waals surface area contributed by atoms with Gasteiger partial charge < -0.3 is 74.5 Å². The summed E-state index contributed by atoms with van der Waals surface area (Å²) < 4.78 is 50.7. The molecule has 6 fully saturated rings. The largest absolute Gasteiger partial charge is 0.464 e. The topological polar surface area (TPSA) is 360 Å². The molecule has 6 saturated heterocycles. The molecule has 6 rings (SSSR count). The van der Waals surface area contributed by atoms with Crippen molar-refractivity contribution in [2.75, 3.05) is 79.3 Å². The number of amides is 6. The van der Waals surface area contributed by atoms with Crippen molar-refractivity contribution in [2.24, 2.45) is 10.8 Å². The summed E-state index contributed by atoms with van der Waals surface area (Å²) in [5.74, 6) is -4.09. The third kappa shape index (κ3) is 22.8. The van der Waals surface area contributed by atoms with E-state index in [0.717, 1.165) is 0 Å². The highest BCUT2D eigenvalue weighted by molar-refractivity contribution is 5.91. The Labute approximate surface area is 470 Å². The SMILES string of the molecule is CCOCC(CCCOC(=O)C1CCC(=O)N1)(CCCOC(=O)C1CCC(=O)N1)COCC(CCCOC(=O)C1CCC(=O)N1)(CCCOC(=O)C1CCC(=O)N1)COCC.O=C1CCC(C(=O)OCCOC(=O)C2CCC(=O)N2)N1. The summed E-state index contributed by atoms with van der Waals surface area (Å²) >= 11 is 0. The Morgan fingerprint density at radius 1 is 0.333 bits per heavy atom. The maximum atomic E-state index is 12.6. The summed E-state index contributed by atoms with van der Waals surface area (Å²) in [5, 5.41) is 15.5. The van der Waals surface area contributed by atoms with Crippen LogP contribution in [0.3, 0.4) is 0 Å². The number of hydrogen-bond donors (Lipinski definition) is 6. The lowest BCUT2D eigenvalue weighted by molar-refractivity contribution is -0.154. The molecule has 6 N–H and O–H groups in total. The second-order valence-corrected chi connectivity index (χ2v) is 21.1. The van der Waals surface area contributed by atoms with Crippen LogP contribution in [-0.2, 0) is 100 Å². The summed E-state index contributed by atoms with van der Waals surface area (Å²) in [6.45, 7) is 5.92. The average molecular weight is 1150 g/mol. The van der Waals surface area contributed by atoms with Crippen LogP contribution in [0.5, 0.6) is 0 Å². The van der Waals surface area contributed by atoms with Crippen LogP contribution in [0, 0.1) is 10.8 Å². The molecule has 6 amide bonds. The van der Waals surface area contributed by atoms with Crippen molar-refractivity contribution >= 4 is 71.3 Å². The van der Waals surface area contributed by atoms with Crippen LogP contribution in [0.25, 0.3) is 0 Å². The van der Waals surface area contributed by atoms with E-state index < -0.39 is 82.9 Å². The highest BCUT2D eigenvalue weighted by Crippen LogP contribution is 2.36. The number of carbonyl (C=O) groups is 12. The molecule has 6 unspecified atom stereocenters. The minimum absolute atomic E-state index is 0.0718. The van der Waals surface area contributed by atoms with Crippen LogP contribution < -0.4 is 31.9 Å². The van der Waals surface area contributed by atoms with Gasteiger partial charge in [0.15, 0.2) is 0 Å². The predicted molar refractivity (Wildman–Crippen MR) is 278 cm³/mol. The predicted octanol–water partition coefficient (Wildman–Crippen LogP) is 0.0868. The molecule has 0 saturated carbocycles. The molecule has 454 valence electrons. The summed E-state index contributed by atoms with van der Waals surface area (Å²) in [4.78, 5) is 142. The van der Waals surface area contributed by atoms with E-state index in [-0.39, 0.29) is 114 Å². The van der Waals surface area contributed by atoms with Crippen molar-refractivity contribution in [3.05, 3.63) is 0 Å². The third-order valence-electron chi connectivity index (χ3n) is 14.7. The molecule has 0 aliphatic carbocycles. The van der Waals surface area contributed by atoms with Gasteiger partial charge in [0, 0.05) is 62.6 Å². The van der Waals surface area contributed by atoms with Crippen LogP contribution in [0.1, 0.15) is 142 Å². The summed E-state index contributed by atoms with van der Waals surface area (Å²) in [5.41, 5.74) is -1.23. The van der Waals surface area contributed by atoms with Crippen molar-refractivity contribution in [1.82, 2.24) is 31.9 Å². The molecular formula is C54H82N6O21. The van der Waals surface area contributed by atoms with Gasteiger partial charge in [-0.25, -0.2) is 28.8 Å². The van der Waals surface area contributed by atoms with Gasteiger partial charge in [0.1, 0.15) is 49.5 Å². The van der Waals surface area contributed by atoms with Gasteiger partial charge in [-0.15, -0.1) is 0 Å². The van der Waals surface area contributed by atoms with Gasteiger partial charge >= 0.3 is 35.8 Å². The third-order valence-corrected chi connectivity index (χ3v) is 14.7. The molecule has 6 aliphatic heterocycles. The first-order chi connectivity index (χ1) is 38.9. The molecule has 0 aromatic heterocycles. The molecule has 6 aliphatic rings. The minimum atomic E-state index is -0.666. The molecule has 27 nitrogen and oxygen atoms in total. The van der Waals surface area contributed by atoms with Crippen molar-refractivity contribution < 1.29 is 100 Å². The fourth-order valence-electron chi connectivity index (χ4n) is 10.1. The van der Waals surface area contributed by atoms with Crippen LogP contribution in [-0.4, -0.2) is 187 Å². The van der Waals surface area contributed by atoms with Gasteiger partial charge in [0.25, 0.3) is 0 Å². The molecule has 0 aromatic carbocycles. The van der Waals surface area contributed by atoms with Gasteiger partial charge in [-0.2, -0.15) is 0 Å². The first kappa shape index (κ1) is 65.3. The Morgan fingerprint density at radius 3 is 0.716 bits per heavy atom. The molecule has 6 heterocycles. The van der Waals surface area contributed by atoms with Gasteiger partial charge in [0.05, 0.1) is 52.9 Å². The molecule has 0 aromatic rings. The van der Waals surface area contributed by atoms with E-state index in [0.29, 0.717) is 129 Å². The molecule has 6 atom stereocenters. The number of carbonyl (C=O) groups excluding carboxylic acids is 12. The lowest BCUT2D eigenvalue weighted by atomic mass is 9.79. The van der Waals surface area contributed by atoms with Crippen molar-refractivity contribution in [3.63, 3.8) is 0 Å². The molecule has 0 bridgehead atoms. The smallest absolute Gasteiger partial charge is 0.328 e. The van der Waals surface area contributed by atoms with E-state index in [4.69, 9.17) is 42.6 Å². The van der Waals surface area contributed by atoms with Crippen molar-refractivity contribution in [1.29, 1.82) is 0 Å². The fraction of sp³-hybridized carbons (Fsp3) is 0.778. The first-order valence-corrected chi connectivity index (χ1v) is 28.4. The quantitative estimate of drug-likeness (QED) is 0.0278. The van der Waals surface area contributed by atoms with E-state index in [1.54, 1.807) is 0 Å². The summed E-state index contributed by atoms with van der Waals surface area (Å²) in [6, 6.07) is -3.87. The first-order valence-electron chi connectivity index (χ1n) is 28.4. The second kappa shape index (κ2) is 34.1. The van der Waals surface area contributed by atoms with Crippen molar-refractivity contribution in [3.8, 4) is 0 Å². The van der Waals surface area contributed by atoms with Gasteiger partial charge in [-0.1, -0.05) is 0 Å². The number of hydrogen-bond acceptors (Lipinski definition) is 21. The molecule has 81 heavy (non-hydrogen) atoms. The van der Waals surface area contributed by atoms with Gasteiger partial charge in [-0.05, 0) is 104 Å². The summed E-state index contributed by atoms with van der Waals surface area (Å²) in [6.07, 6.45) is 8.00. The van der Waals surface area contributed by atoms with Crippen molar-refractivity contribution in [2.45, 2.75) is 179 Å². The zero-order chi connectivity index (χ0) is 58.6. The Morgan fingerprint density at radius 2 is 0.531 bits per heavy atom. The zero-order valence-electron chi connectivity index (χ0n) is 46.7. The lowest BCUT2D eigenvalue weighted by Crippen LogP contribution is -2.39. The Kier molecular flexibility index (Phi) is 27.5. The van der Waals surface area contributed by atoms with Crippen LogP contribution >= 0.6 is 0 Å². The van der Waals surface area contributed by atoms with E-state index >= 15 is 0 Å². The maximum absolute atomic E-state index is 12.6. The zero-order valence-corrected chi connectivity index (χ0v) is 46.7. The number of ether oxygens (including phenoxy) is 9. The summed E-state index contributed by atoms with van der Waals surface area (Å²) in [7, 11) is 0. The van der Waals surface area contributed by atoms with E-state index in [1.165, 1.54) is 0 Å². The van der Waals surface area contributed by atoms with Gasteiger partial charge in [-0.3, -0.25) is 28.8 Å². The maximum Gasteiger partial charge on any atom is 0.328 e. The number of rotatable bonds is 35. The van der Waals surface area contributed by atoms with Crippen LogP contribution in [0.2, 0.25) is 0 Å². The lowest BCUT2D eigenvalue weighted by Gasteiger charge is -2.38. The molecular weight excluding hydrogens is 1070 g/mol. The van der Waals surface area contributed by atoms with Crippen LogP contribution in [0.15, 0.2) is 0 Å². The van der Waals surface area contributed by atoms with Gasteiger partial charge in [0.2, 0.25) is 35.4 Å². The van der Waals surface area contributed by atoms with Crippen LogP contribution in [0.4, 0.5) is 0 Å². The fourth-order valence-corrected chi connectivity index (χ4v) is 10.1. The Balaban J connectivity index is 0.000000502. The highest BCUT2D eigenvalue weighted by Gasteiger charge is 2.38. The standard InChI is InChI=1S/C42H66N4O15.C12H16N2O6/c1-3-55-25-41(17-5-21-58-37(51)29-9-13-33(47)43-29,18-6-22-59-38(52)30-10-14-34(48)44-30)27-57-28-42(26-56-4-2,19-7-23-60-39(53)31-11-15-35(49)45-31)20-8-24-61-40(54)32-12-16-36(50)46-32;15-9-3-1-7(13-9)11(17)19-5-6-20-12(18)8-2-4-10(16)14-8/h29-32H,3-28H2,1-2H3,(H,43,47)(H,44,48)(H,45,49)(H,46,50);7-8H,1-6H2,(H,13,15)(H,14,16). The second-order valence-electron chi connectivity index (χ2n) is 21.1.